The van der Waals surface area contributed by atoms with Crippen LogP contribution < -0.4 is 5.32 Å². The lowest BCUT2D eigenvalue weighted by Crippen LogP contribution is -2.12. The monoisotopic (exact) mass is 290 g/mol. The molecule has 0 aliphatic rings. The third-order valence-electron chi connectivity index (χ3n) is 2.88. The molecule has 0 spiro atoms. The fraction of sp³-hybridized carbons (Fsp3) is 0.357. The van der Waals surface area contributed by atoms with E-state index >= 15 is 0 Å². The first-order valence-corrected chi connectivity index (χ1v) is 7.53. The number of carbonyl (C=O) groups is 1. The van der Waals surface area contributed by atoms with Crippen molar-refractivity contribution in [2.45, 2.75) is 24.9 Å². The van der Waals surface area contributed by atoms with E-state index in [1.54, 1.807) is 6.33 Å². The van der Waals surface area contributed by atoms with Crippen LogP contribution in [0.2, 0.25) is 0 Å². The average Bonchev–Trinajstić information content (AvgIpc) is 2.85. The van der Waals surface area contributed by atoms with Gasteiger partial charge < -0.3 is 9.88 Å². The number of aryl methyl sites for hydroxylation is 2. The van der Waals surface area contributed by atoms with E-state index in [9.17, 15) is 4.79 Å². The van der Waals surface area contributed by atoms with Gasteiger partial charge in [-0.05, 0) is 24.1 Å². The Balaban J connectivity index is 1.76. The standard InChI is InChI=1S/C14H18N4OS/c1-3-11-4-6-12(7-5-11)16-13(19)8-9-20-14-17-15-10-18(14)2/h4-7,10H,3,8-9H2,1-2H3,(H,16,19). The second-order valence-electron chi connectivity index (χ2n) is 4.42. The van der Waals surface area contributed by atoms with Crippen molar-refractivity contribution in [1.82, 2.24) is 14.8 Å². The molecule has 0 aliphatic carbocycles. The highest BCUT2D eigenvalue weighted by Gasteiger charge is 2.05. The summed E-state index contributed by atoms with van der Waals surface area (Å²) in [6, 6.07) is 7.94. The van der Waals surface area contributed by atoms with Crippen molar-refractivity contribution in [3.8, 4) is 0 Å². The Hall–Kier alpha value is -1.82. The van der Waals surface area contributed by atoms with E-state index in [1.807, 2.05) is 35.9 Å². The lowest BCUT2D eigenvalue weighted by atomic mass is 10.1. The van der Waals surface area contributed by atoms with E-state index in [0.29, 0.717) is 12.2 Å². The molecule has 1 aromatic heterocycles. The van der Waals surface area contributed by atoms with Crippen molar-refractivity contribution in [3.05, 3.63) is 36.2 Å². The van der Waals surface area contributed by atoms with Gasteiger partial charge in [-0.25, -0.2) is 0 Å². The molecule has 0 fully saturated rings. The van der Waals surface area contributed by atoms with Crippen molar-refractivity contribution in [1.29, 1.82) is 0 Å². The van der Waals surface area contributed by atoms with Gasteiger partial charge in [0.15, 0.2) is 5.16 Å². The van der Waals surface area contributed by atoms with E-state index in [2.05, 4.69) is 22.4 Å². The summed E-state index contributed by atoms with van der Waals surface area (Å²) >= 11 is 1.53. The van der Waals surface area contributed by atoms with Crippen LogP contribution in [0.25, 0.3) is 0 Å². The number of hydrogen-bond donors (Lipinski definition) is 1. The SMILES string of the molecule is CCc1ccc(NC(=O)CCSc2nncn2C)cc1. The molecule has 106 valence electrons. The Morgan fingerprint density at radius 3 is 2.70 bits per heavy atom. The minimum atomic E-state index is 0.0175. The minimum absolute atomic E-state index is 0.0175. The highest BCUT2D eigenvalue weighted by molar-refractivity contribution is 7.99. The quantitative estimate of drug-likeness (QED) is 0.830. The van der Waals surface area contributed by atoms with Gasteiger partial charge in [0.1, 0.15) is 6.33 Å². The molecule has 0 bridgehead atoms. The molecule has 0 saturated carbocycles. The van der Waals surface area contributed by atoms with Crippen LogP contribution in [0.5, 0.6) is 0 Å². The number of carbonyl (C=O) groups excluding carboxylic acids is 1. The molecule has 0 radical (unpaired) electrons. The van der Waals surface area contributed by atoms with Gasteiger partial charge in [-0.1, -0.05) is 30.8 Å². The van der Waals surface area contributed by atoms with Crippen LogP contribution in [0.3, 0.4) is 0 Å². The fourth-order valence-corrected chi connectivity index (χ4v) is 2.51. The number of aromatic nitrogens is 3. The molecule has 1 amide bonds. The summed E-state index contributed by atoms with van der Waals surface area (Å²) in [6.45, 7) is 2.11. The van der Waals surface area contributed by atoms with Crippen molar-refractivity contribution in [2.75, 3.05) is 11.1 Å². The van der Waals surface area contributed by atoms with Crippen LogP contribution in [0.1, 0.15) is 18.9 Å². The second-order valence-corrected chi connectivity index (χ2v) is 5.48. The highest BCUT2D eigenvalue weighted by Crippen LogP contribution is 2.15. The summed E-state index contributed by atoms with van der Waals surface area (Å²) in [4.78, 5) is 11.8. The molecular formula is C14H18N4OS. The largest absolute Gasteiger partial charge is 0.326 e. The normalized spacial score (nSPS) is 10.5. The predicted octanol–water partition coefficient (Wildman–Crippen LogP) is 2.50. The predicted molar refractivity (Wildman–Crippen MR) is 80.8 cm³/mol. The third kappa shape index (κ3) is 4.09. The van der Waals surface area contributed by atoms with Crippen LogP contribution in [0.15, 0.2) is 35.7 Å². The fourth-order valence-electron chi connectivity index (χ4n) is 1.69. The zero-order valence-corrected chi connectivity index (χ0v) is 12.5. The van der Waals surface area contributed by atoms with Gasteiger partial charge in [-0.2, -0.15) is 0 Å². The van der Waals surface area contributed by atoms with Crippen molar-refractivity contribution in [2.24, 2.45) is 7.05 Å². The average molecular weight is 290 g/mol. The molecule has 1 N–H and O–H groups in total. The van der Waals surface area contributed by atoms with Gasteiger partial charge >= 0.3 is 0 Å². The number of rotatable bonds is 6. The van der Waals surface area contributed by atoms with E-state index in [0.717, 1.165) is 17.3 Å². The Kier molecular flexibility index (Phi) is 5.17. The molecule has 2 rings (SSSR count). The molecule has 20 heavy (non-hydrogen) atoms. The summed E-state index contributed by atoms with van der Waals surface area (Å²) in [5, 5.41) is 11.5. The Morgan fingerprint density at radius 2 is 2.10 bits per heavy atom. The maximum absolute atomic E-state index is 11.8. The zero-order chi connectivity index (χ0) is 14.4. The van der Waals surface area contributed by atoms with Crippen LogP contribution >= 0.6 is 11.8 Å². The van der Waals surface area contributed by atoms with Gasteiger partial charge in [-0.3, -0.25) is 4.79 Å². The number of anilines is 1. The molecule has 0 unspecified atom stereocenters. The molecule has 0 atom stereocenters. The summed E-state index contributed by atoms with van der Waals surface area (Å²) in [5.41, 5.74) is 2.11. The Morgan fingerprint density at radius 1 is 1.35 bits per heavy atom. The first kappa shape index (κ1) is 14.6. The summed E-state index contributed by atoms with van der Waals surface area (Å²) in [5.74, 6) is 0.703. The Bertz CT molecular complexity index is 565. The lowest BCUT2D eigenvalue weighted by Gasteiger charge is -2.05. The Labute approximate surface area is 122 Å². The lowest BCUT2D eigenvalue weighted by molar-refractivity contribution is -0.115. The molecular weight excluding hydrogens is 272 g/mol. The topological polar surface area (TPSA) is 59.8 Å². The van der Waals surface area contributed by atoms with Gasteiger partial charge in [-0.15, -0.1) is 10.2 Å². The van der Waals surface area contributed by atoms with Crippen molar-refractivity contribution < 1.29 is 4.79 Å². The molecule has 6 heteroatoms. The van der Waals surface area contributed by atoms with Crippen LogP contribution in [-0.2, 0) is 18.3 Å². The molecule has 1 aromatic carbocycles. The number of hydrogen-bond acceptors (Lipinski definition) is 4. The number of nitrogens with one attached hydrogen (secondary N) is 1. The second kappa shape index (κ2) is 7.09. The first-order chi connectivity index (χ1) is 9.69. The molecule has 0 saturated heterocycles. The molecule has 5 nitrogen and oxygen atoms in total. The van der Waals surface area contributed by atoms with Gasteiger partial charge in [0.05, 0.1) is 0 Å². The van der Waals surface area contributed by atoms with Crippen LogP contribution in [0, 0.1) is 0 Å². The number of thioether (sulfide) groups is 1. The van der Waals surface area contributed by atoms with Gasteiger partial charge in [0.25, 0.3) is 0 Å². The third-order valence-corrected chi connectivity index (χ3v) is 3.91. The highest BCUT2D eigenvalue weighted by atomic mass is 32.2. The van der Waals surface area contributed by atoms with E-state index in [-0.39, 0.29) is 5.91 Å². The molecule has 1 heterocycles. The maximum Gasteiger partial charge on any atom is 0.225 e. The first-order valence-electron chi connectivity index (χ1n) is 6.54. The van der Waals surface area contributed by atoms with Crippen molar-refractivity contribution >= 4 is 23.4 Å². The molecule has 2 aromatic rings. The van der Waals surface area contributed by atoms with Gasteiger partial charge in [0.2, 0.25) is 5.91 Å². The minimum Gasteiger partial charge on any atom is -0.326 e. The number of benzene rings is 1. The number of amides is 1. The molecule has 0 aliphatic heterocycles. The van der Waals surface area contributed by atoms with Crippen LogP contribution in [-0.4, -0.2) is 26.4 Å². The summed E-state index contributed by atoms with van der Waals surface area (Å²) < 4.78 is 1.84. The summed E-state index contributed by atoms with van der Waals surface area (Å²) in [6.07, 6.45) is 3.10. The van der Waals surface area contributed by atoms with Crippen LogP contribution in [0.4, 0.5) is 5.69 Å². The van der Waals surface area contributed by atoms with E-state index < -0.39 is 0 Å². The van der Waals surface area contributed by atoms with Gasteiger partial charge in [0, 0.05) is 24.9 Å². The smallest absolute Gasteiger partial charge is 0.225 e. The summed E-state index contributed by atoms with van der Waals surface area (Å²) in [7, 11) is 1.89. The maximum atomic E-state index is 11.8. The van der Waals surface area contributed by atoms with E-state index in [4.69, 9.17) is 0 Å². The van der Waals surface area contributed by atoms with Crippen molar-refractivity contribution in [3.63, 3.8) is 0 Å². The zero-order valence-electron chi connectivity index (χ0n) is 11.7. The number of nitrogens with zero attached hydrogens (tertiary/aromatic N) is 3. The van der Waals surface area contributed by atoms with E-state index in [1.165, 1.54) is 17.3 Å².